The minimum absolute atomic E-state index is 0.0799. The van der Waals surface area contributed by atoms with Gasteiger partial charge in [0.1, 0.15) is 5.82 Å². The number of carbonyl (C=O) groups excluding carboxylic acids is 1. The number of piperidine rings is 1. The molecule has 1 N–H and O–H groups in total. The maximum absolute atomic E-state index is 13.4. The van der Waals surface area contributed by atoms with Gasteiger partial charge in [-0.2, -0.15) is 13.2 Å². The van der Waals surface area contributed by atoms with Crippen molar-refractivity contribution in [1.29, 1.82) is 0 Å². The molecule has 0 unspecified atom stereocenters. The second-order valence-electron chi connectivity index (χ2n) is 7.46. The van der Waals surface area contributed by atoms with Crippen LogP contribution in [0.4, 0.5) is 29.1 Å². The summed E-state index contributed by atoms with van der Waals surface area (Å²) in [6.45, 7) is 1.11. The number of aromatic nitrogens is 3. The zero-order chi connectivity index (χ0) is 22.7. The number of halogens is 4. The van der Waals surface area contributed by atoms with Crippen LogP contribution in [-0.2, 0) is 11.0 Å². The number of benzene rings is 1. The van der Waals surface area contributed by atoms with E-state index >= 15 is 0 Å². The average Bonchev–Trinajstić information content (AvgIpc) is 2.80. The maximum Gasteiger partial charge on any atom is 0.419 e. The zero-order valence-corrected chi connectivity index (χ0v) is 16.8. The molecule has 166 valence electrons. The first-order valence-electron chi connectivity index (χ1n) is 9.98. The Morgan fingerprint density at radius 1 is 1.00 bits per heavy atom. The van der Waals surface area contributed by atoms with Crippen LogP contribution in [0.1, 0.15) is 18.4 Å². The monoisotopic (exact) mass is 445 g/mol. The summed E-state index contributed by atoms with van der Waals surface area (Å²) in [5.74, 6) is -1.44. The van der Waals surface area contributed by atoms with Gasteiger partial charge in [0.15, 0.2) is 5.82 Å². The molecule has 0 atom stereocenters. The maximum atomic E-state index is 13.4. The fourth-order valence-electron chi connectivity index (χ4n) is 3.61. The number of alkyl halides is 3. The van der Waals surface area contributed by atoms with E-state index in [4.69, 9.17) is 0 Å². The molecule has 1 saturated heterocycles. The molecule has 10 heteroatoms. The van der Waals surface area contributed by atoms with E-state index in [9.17, 15) is 22.4 Å². The molecule has 6 nitrogen and oxygen atoms in total. The summed E-state index contributed by atoms with van der Waals surface area (Å²) in [4.78, 5) is 18.5. The quantitative estimate of drug-likeness (QED) is 0.597. The van der Waals surface area contributed by atoms with Crippen molar-refractivity contribution >= 4 is 17.4 Å². The van der Waals surface area contributed by atoms with Crippen LogP contribution in [-0.4, -0.2) is 34.2 Å². The number of nitrogens with one attached hydrogen (secondary N) is 1. The van der Waals surface area contributed by atoms with Crippen LogP contribution in [0.2, 0.25) is 0 Å². The van der Waals surface area contributed by atoms with E-state index in [0.717, 1.165) is 17.3 Å². The summed E-state index contributed by atoms with van der Waals surface area (Å²) in [7, 11) is 0. The Morgan fingerprint density at radius 2 is 1.72 bits per heavy atom. The van der Waals surface area contributed by atoms with Crippen molar-refractivity contribution in [3.63, 3.8) is 0 Å². The summed E-state index contributed by atoms with van der Waals surface area (Å²) in [6, 6.07) is 9.85. The van der Waals surface area contributed by atoms with Gasteiger partial charge < -0.3 is 10.2 Å². The topological polar surface area (TPSA) is 71.0 Å². The van der Waals surface area contributed by atoms with Crippen molar-refractivity contribution in [2.45, 2.75) is 19.0 Å². The van der Waals surface area contributed by atoms with Gasteiger partial charge in [0, 0.05) is 42.7 Å². The molecule has 0 radical (unpaired) electrons. The van der Waals surface area contributed by atoms with Crippen molar-refractivity contribution < 1.29 is 22.4 Å². The lowest BCUT2D eigenvalue weighted by Gasteiger charge is -2.31. The number of hydrogen-bond donors (Lipinski definition) is 1. The molecular weight excluding hydrogens is 426 g/mol. The smallest absolute Gasteiger partial charge is 0.355 e. The third-order valence-electron chi connectivity index (χ3n) is 5.36. The van der Waals surface area contributed by atoms with Crippen LogP contribution in [0.15, 0.2) is 54.9 Å². The molecule has 2 aromatic heterocycles. The number of nitrogens with zero attached hydrogens (tertiary/aromatic N) is 4. The van der Waals surface area contributed by atoms with Gasteiger partial charge in [-0.1, -0.05) is 0 Å². The van der Waals surface area contributed by atoms with Gasteiger partial charge in [0.2, 0.25) is 5.91 Å². The molecule has 1 aliphatic heterocycles. The minimum Gasteiger partial charge on any atom is -0.355 e. The molecule has 0 spiro atoms. The molecule has 1 amide bonds. The molecular formula is C22H19F4N5O. The molecule has 4 rings (SSSR count). The zero-order valence-electron chi connectivity index (χ0n) is 16.8. The van der Waals surface area contributed by atoms with E-state index < -0.39 is 17.6 Å². The van der Waals surface area contributed by atoms with E-state index in [-0.39, 0.29) is 17.5 Å². The second kappa shape index (κ2) is 8.89. The lowest BCUT2D eigenvalue weighted by molar-refractivity contribution is -0.140. The second-order valence-corrected chi connectivity index (χ2v) is 7.46. The van der Waals surface area contributed by atoms with Crippen molar-refractivity contribution in [2.24, 2.45) is 5.92 Å². The van der Waals surface area contributed by atoms with Crippen LogP contribution >= 0.6 is 0 Å². The highest BCUT2D eigenvalue weighted by Crippen LogP contribution is 2.33. The summed E-state index contributed by atoms with van der Waals surface area (Å²) in [5.41, 5.74) is 0.148. The summed E-state index contributed by atoms with van der Waals surface area (Å²) in [6.07, 6.45) is -0.461. The number of carbonyl (C=O) groups is 1. The van der Waals surface area contributed by atoms with Crippen molar-refractivity contribution in [3.05, 3.63) is 66.2 Å². The Bertz CT molecular complexity index is 1080. The molecule has 3 aromatic rings. The SMILES string of the molecule is O=C(Nc1ccc(F)c(C(F)(F)F)c1)C1CCN(c2ccc(-c3ccncc3)nn2)CC1. The average molecular weight is 445 g/mol. The minimum atomic E-state index is -4.83. The third-order valence-corrected chi connectivity index (χ3v) is 5.36. The molecule has 3 heterocycles. The highest BCUT2D eigenvalue weighted by molar-refractivity contribution is 5.92. The molecule has 0 aliphatic carbocycles. The van der Waals surface area contributed by atoms with E-state index in [1.54, 1.807) is 12.4 Å². The molecule has 0 saturated carbocycles. The summed E-state index contributed by atoms with van der Waals surface area (Å²) >= 11 is 0. The largest absolute Gasteiger partial charge is 0.419 e. The van der Waals surface area contributed by atoms with Gasteiger partial charge in [-0.3, -0.25) is 9.78 Å². The highest BCUT2D eigenvalue weighted by Gasteiger charge is 2.34. The molecule has 0 bridgehead atoms. The molecule has 32 heavy (non-hydrogen) atoms. The van der Waals surface area contributed by atoms with E-state index in [2.05, 4.69) is 20.5 Å². The predicted molar refractivity (Wildman–Crippen MR) is 110 cm³/mol. The lowest BCUT2D eigenvalue weighted by Crippen LogP contribution is -2.38. The standard InChI is InChI=1S/C22H19F4N5O/c23-18-2-1-16(13-17(18)22(24,25)26)28-21(32)15-7-11-31(12-8-15)20-4-3-19(29-30-20)14-5-9-27-10-6-14/h1-6,9-10,13,15H,7-8,11-12H2,(H,28,32). The van der Waals surface area contributed by atoms with Gasteiger partial charge in [0.05, 0.1) is 11.3 Å². The van der Waals surface area contributed by atoms with Crippen molar-refractivity contribution in [3.8, 4) is 11.3 Å². The number of pyridine rings is 1. The summed E-state index contributed by atoms with van der Waals surface area (Å²) in [5, 5.41) is 11.0. The van der Waals surface area contributed by atoms with Gasteiger partial charge in [-0.15, -0.1) is 10.2 Å². The lowest BCUT2D eigenvalue weighted by atomic mass is 9.95. The van der Waals surface area contributed by atoms with Crippen molar-refractivity contribution in [1.82, 2.24) is 15.2 Å². The van der Waals surface area contributed by atoms with Crippen molar-refractivity contribution in [2.75, 3.05) is 23.3 Å². The Kier molecular flexibility index (Phi) is 6.02. The van der Waals surface area contributed by atoms with E-state index in [0.29, 0.717) is 43.9 Å². The number of hydrogen-bond acceptors (Lipinski definition) is 5. The number of amides is 1. The van der Waals surface area contributed by atoms with E-state index in [1.807, 2.05) is 29.2 Å². The van der Waals surface area contributed by atoms with Crippen LogP contribution in [0.5, 0.6) is 0 Å². The fourth-order valence-corrected chi connectivity index (χ4v) is 3.61. The Labute approximate surface area is 181 Å². The molecule has 1 aromatic carbocycles. The number of rotatable bonds is 4. The first kappa shape index (κ1) is 21.7. The Hall–Kier alpha value is -3.56. The van der Waals surface area contributed by atoms with Crippen LogP contribution in [0, 0.1) is 11.7 Å². The van der Waals surface area contributed by atoms with Crippen LogP contribution < -0.4 is 10.2 Å². The van der Waals surface area contributed by atoms with Gasteiger partial charge in [-0.25, -0.2) is 4.39 Å². The first-order chi connectivity index (χ1) is 15.3. The Morgan fingerprint density at radius 3 is 2.34 bits per heavy atom. The molecule has 1 fully saturated rings. The fraction of sp³-hybridized carbons (Fsp3) is 0.273. The van der Waals surface area contributed by atoms with Gasteiger partial charge in [0.25, 0.3) is 0 Å². The Balaban J connectivity index is 1.35. The van der Waals surface area contributed by atoms with Crippen LogP contribution in [0.25, 0.3) is 11.3 Å². The van der Waals surface area contributed by atoms with E-state index in [1.165, 1.54) is 0 Å². The third kappa shape index (κ3) is 4.84. The van der Waals surface area contributed by atoms with Crippen LogP contribution in [0.3, 0.4) is 0 Å². The highest BCUT2D eigenvalue weighted by atomic mass is 19.4. The van der Waals surface area contributed by atoms with Gasteiger partial charge >= 0.3 is 6.18 Å². The summed E-state index contributed by atoms with van der Waals surface area (Å²) < 4.78 is 52.1. The normalized spacial score (nSPS) is 14.9. The number of anilines is 2. The molecule has 1 aliphatic rings. The van der Waals surface area contributed by atoms with Gasteiger partial charge in [-0.05, 0) is 55.3 Å². The predicted octanol–water partition coefficient (Wildman–Crippen LogP) is 4.55. The first-order valence-corrected chi connectivity index (χ1v) is 9.98.